The third-order valence-corrected chi connectivity index (χ3v) is 4.13. The molecule has 114 valence electrons. The molecular weight excluding hydrogens is 262 g/mol. The van der Waals surface area contributed by atoms with Crippen LogP contribution in [-0.2, 0) is 6.54 Å². The van der Waals surface area contributed by atoms with E-state index in [2.05, 4.69) is 36.7 Å². The maximum Gasteiger partial charge on any atom is 0.128 e. The third-order valence-electron chi connectivity index (χ3n) is 4.13. The SMILES string of the molecule is CCC(C)N(CC)Cc1cc2ccc(OC)cc2nc1N. The lowest BCUT2D eigenvalue weighted by molar-refractivity contribution is 0.206. The summed E-state index contributed by atoms with van der Waals surface area (Å²) in [5.41, 5.74) is 8.11. The van der Waals surface area contributed by atoms with E-state index in [0.29, 0.717) is 11.9 Å². The molecule has 1 unspecified atom stereocenters. The zero-order valence-electron chi connectivity index (χ0n) is 13.4. The summed E-state index contributed by atoms with van der Waals surface area (Å²) in [6.07, 6.45) is 1.13. The molecular formula is C17H25N3O. The van der Waals surface area contributed by atoms with E-state index < -0.39 is 0 Å². The van der Waals surface area contributed by atoms with Crippen molar-refractivity contribution in [2.45, 2.75) is 39.8 Å². The molecule has 4 heteroatoms. The van der Waals surface area contributed by atoms with E-state index in [4.69, 9.17) is 10.5 Å². The molecule has 0 aliphatic heterocycles. The largest absolute Gasteiger partial charge is 0.497 e. The van der Waals surface area contributed by atoms with Crippen LogP contribution in [0.1, 0.15) is 32.8 Å². The number of aromatic nitrogens is 1. The first kappa shape index (κ1) is 15.6. The van der Waals surface area contributed by atoms with Gasteiger partial charge >= 0.3 is 0 Å². The average Bonchev–Trinajstić information content (AvgIpc) is 2.51. The fraction of sp³-hybridized carbons (Fsp3) is 0.471. The molecule has 2 aromatic rings. The standard InChI is InChI=1S/C17H25N3O/c1-5-12(3)20(6-2)11-14-9-13-7-8-15(21-4)10-16(13)19-17(14)18/h7-10,12H,5-6,11H2,1-4H3,(H2,18,19). The number of nitrogen functional groups attached to an aromatic ring is 1. The molecule has 21 heavy (non-hydrogen) atoms. The monoisotopic (exact) mass is 287 g/mol. The lowest BCUT2D eigenvalue weighted by atomic mass is 10.1. The number of ether oxygens (including phenoxy) is 1. The van der Waals surface area contributed by atoms with E-state index >= 15 is 0 Å². The zero-order valence-corrected chi connectivity index (χ0v) is 13.4. The van der Waals surface area contributed by atoms with Gasteiger partial charge in [-0.3, -0.25) is 4.90 Å². The van der Waals surface area contributed by atoms with Gasteiger partial charge in [-0.2, -0.15) is 0 Å². The normalized spacial score (nSPS) is 12.8. The van der Waals surface area contributed by atoms with Crippen LogP contribution in [0.25, 0.3) is 10.9 Å². The predicted molar refractivity (Wildman–Crippen MR) is 88.5 cm³/mol. The van der Waals surface area contributed by atoms with E-state index in [1.807, 2.05) is 18.2 Å². The van der Waals surface area contributed by atoms with E-state index in [1.54, 1.807) is 7.11 Å². The van der Waals surface area contributed by atoms with Crippen molar-refractivity contribution < 1.29 is 4.74 Å². The highest BCUT2D eigenvalue weighted by Crippen LogP contribution is 2.24. The quantitative estimate of drug-likeness (QED) is 0.884. The van der Waals surface area contributed by atoms with Crippen LogP contribution in [0.3, 0.4) is 0 Å². The summed E-state index contributed by atoms with van der Waals surface area (Å²) in [5.74, 6) is 1.41. The number of nitrogens with two attached hydrogens (primary N) is 1. The molecule has 1 aromatic heterocycles. The van der Waals surface area contributed by atoms with Gasteiger partial charge in [0.1, 0.15) is 11.6 Å². The molecule has 0 spiro atoms. The maximum atomic E-state index is 6.14. The van der Waals surface area contributed by atoms with Crippen LogP contribution in [0.4, 0.5) is 5.82 Å². The maximum absolute atomic E-state index is 6.14. The molecule has 0 saturated heterocycles. The molecule has 1 heterocycles. The highest BCUT2D eigenvalue weighted by molar-refractivity contribution is 5.82. The van der Waals surface area contributed by atoms with Gasteiger partial charge in [0.15, 0.2) is 0 Å². The van der Waals surface area contributed by atoms with Crippen LogP contribution in [-0.4, -0.2) is 29.6 Å². The van der Waals surface area contributed by atoms with Crippen LogP contribution in [0.5, 0.6) is 5.75 Å². The molecule has 1 aromatic carbocycles. The third kappa shape index (κ3) is 3.45. The molecule has 4 nitrogen and oxygen atoms in total. The van der Waals surface area contributed by atoms with Gasteiger partial charge in [-0.05, 0) is 38.1 Å². The zero-order chi connectivity index (χ0) is 15.4. The van der Waals surface area contributed by atoms with Crippen LogP contribution in [0.15, 0.2) is 24.3 Å². The number of methoxy groups -OCH3 is 1. The van der Waals surface area contributed by atoms with Gasteiger partial charge in [0.05, 0.1) is 12.6 Å². The molecule has 0 aliphatic rings. The van der Waals surface area contributed by atoms with Crippen LogP contribution in [0, 0.1) is 0 Å². The van der Waals surface area contributed by atoms with Crippen molar-refractivity contribution >= 4 is 16.7 Å². The first-order valence-electron chi connectivity index (χ1n) is 7.56. The second-order valence-corrected chi connectivity index (χ2v) is 5.41. The number of nitrogens with zero attached hydrogens (tertiary/aromatic N) is 2. The first-order valence-corrected chi connectivity index (χ1v) is 7.56. The summed E-state index contributed by atoms with van der Waals surface area (Å²) in [5, 5.41) is 1.10. The highest BCUT2D eigenvalue weighted by Gasteiger charge is 2.13. The topological polar surface area (TPSA) is 51.4 Å². The second kappa shape index (κ2) is 6.76. The van der Waals surface area contributed by atoms with Gasteiger partial charge in [0, 0.05) is 29.6 Å². The Morgan fingerprint density at radius 3 is 2.67 bits per heavy atom. The Kier molecular flexibility index (Phi) is 5.02. The number of fused-ring (bicyclic) bond motifs is 1. The Bertz CT molecular complexity index is 612. The van der Waals surface area contributed by atoms with Crippen molar-refractivity contribution in [2.24, 2.45) is 0 Å². The average molecular weight is 287 g/mol. The molecule has 2 rings (SSSR count). The number of pyridine rings is 1. The van der Waals surface area contributed by atoms with Crippen molar-refractivity contribution in [3.63, 3.8) is 0 Å². The van der Waals surface area contributed by atoms with Gasteiger partial charge in [-0.1, -0.05) is 13.8 Å². The summed E-state index contributed by atoms with van der Waals surface area (Å²) in [6.45, 7) is 8.49. The minimum atomic E-state index is 0.543. The van der Waals surface area contributed by atoms with Crippen molar-refractivity contribution in [3.05, 3.63) is 29.8 Å². The Balaban J connectivity index is 2.34. The van der Waals surface area contributed by atoms with Crippen molar-refractivity contribution in [1.82, 2.24) is 9.88 Å². The van der Waals surface area contributed by atoms with Gasteiger partial charge in [-0.25, -0.2) is 4.98 Å². The summed E-state index contributed by atoms with van der Waals surface area (Å²) >= 11 is 0. The minimum Gasteiger partial charge on any atom is -0.497 e. The number of benzene rings is 1. The van der Waals surface area contributed by atoms with Gasteiger partial charge in [-0.15, -0.1) is 0 Å². The fourth-order valence-corrected chi connectivity index (χ4v) is 2.52. The van der Waals surface area contributed by atoms with Crippen molar-refractivity contribution in [3.8, 4) is 5.75 Å². The molecule has 0 amide bonds. The van der Waals surface area contributed by atoms with E-state index in [1.165, 1.54) is 0 Å². The molecule has 0 radical (unpaired) electrons. The Hall–Kier alpha value is -1.81. The molecule has 0 bridgehead atoms. The number of hydrogen-bond acceptors (Lipinski definition) is 4. The lowest BCUT2D eigenvalue weighted by Gasteiger charge is -2.27. The van der Waals surface area contributed by atoms with Crippen molar-refractivity contribution in [2.75, 3.05) is 19.4 Å². The second-order valence-electron chi connectivity index (χ2n) is 5.41. The molecule has 2 N–H and O–H groups in total. The fourth-order valence-electron chi connectivity index (χ4n) is 2.52. The highest BCUT2D eigenvalue weighted by atomic mass is 16.5. The van der Waals surface area contributed by atoms with Gasteiger partial charge in [0.2, 0.25) is 0 Å². The molecule has 0 aliphatic carbocycles. The molecule has 0 fully saturated rings. The summed E-state index contributed by atoms with van der Waals surface area (Å²) in [7, 11) is 1.66. The van der Waals surface area contributed by atoms with Crippen LogP contribution in [0.2, 0.25) is 0 Å². The summed E-state index contributed by atoms with van der Waals surface area (Å²) < 4.78 is 5.23. The van der Waals surface area contributed by atoms with Gasteiger partial charge < -0.3 is 10.5 Å². The summed E-state index contributed by atoms with van der Waals surface area (Å²) in [6, 6.07) is 8.59. The number of rotatable bonds is 6. The Morgan fingerprint density at radius 1 is 1.29 bits per heavy atom. The number of anilines is 1. The lowest BCUT2D eigenvalue weighted by Crippen LogP contribution is -2.32. The number of hydrogen-bond donors (Lipinski definition) is 1. The van der Waals surface area contributed by atoms with E-state index in [9.17, 15) is 0 Å². The van der Waals surface area contributed by atoms with Crippen molar-refractivity contribution in [1.29, 1.82) is 0 Å². The predicted octanol–water partition coefficient (Wildman–Crippen LogP) is 3.45. The Morgan fingerprint density at radius 2 is 2.05 bits per heavy atom. The smallest absolute Gasteiger partial charge is 0.128 e. The van der Waals surface area contributed by atoms with Crippen LogP contribution >= 0.6 is 0 Å². The van der Waals surface area contributed by atoms with Crippen LogP contribution < -0.4 is 10.5 Å². The van der Waals surface area contributed by atoms with E-state index in [-0.39, 0.29) is 0 Å². The summed E-state index contributed by atoms with van der Waals surface area (Å²) in [4.78, 5) is 6.95. The van der Waals surface area contributed by atoms with E-state index in [0.717, 1.165) is 41.7 Å². The Labute approximate surface area is 126 Å². The first-order chi connectivity index (χ1) is 10.1. The molecule has 0 saturated carbocycles. The minimum absolute atomic E-state index is 0.543. The molecule has 1 atom stereocenters. The van der Waals surface area contributed by atoms with Gasteiger partial charge in [0.25, 0.3) is 0 Å².